The fraction of sp³-hybridized carbons (Fsp3) is 0.500. The quantitative estimate of drug-likeness (QED) is 0.821. The van der Waals surface area contributed by atoms with Crippen LogP contribution in [0.2, 0.25) is 0 Å². The second-order valence-corrected chi connectivity index (χ2v) is 5.65. The van der Waals surface area contributed by atoms with E-state index < -0.39 is 17.7 Å². The minimum Gasteiger partial charge on any atom is -0.496 e. The van der Waals surface area contributed by atoms with E-state index in [1.165, 1.54) is 30.2 Å². The van der Waals surface area contributed by atoms with Crippen LogP contribution < -0.4 is 4.74 Å². The van der Waals surface area contributed by atoms with Crippen molar-refractivity contribution in [3.8, 4) is 5.75 Å². The van der Waals surface area contributed by atoms with Crippen LogP contribution in [0.25, 0.3) is 0 Å². The number of halogens is 1. The predicted molar refractivity (Wildman–Crippen MR) is 83.7 cm³/mol. The Bertz CT molecular complexity index is 610. The molecule has 1 saturated heterocycles. The zero-order valence-electron chi connectivity index (χ0n) is 13.7. The van der Waals surface area contributed by atoms with E-state index >= 15 is 0 Å². The summed E-state index contributed by atoms with van der Waals surface area (Å²) in [4.78, 5) is 26.5. The molecule has 0 aromatic heterocycles. The van der Waals surface area contributed by atoms with Gasteiger partial charge in [0.25, 0.3) is 5.91 Å². The van der Waals surface area contributed by atoms with E-state index in [1.54, 1.807) is 11.9 Å². The number of hydrogen-bond donors (Lipinski definition) is 1. The van der Waals surface area contributed by atoms with Gasteiger partial charge in [0, 0.05) is 19.6 Å². The van der Waals surface area contributed by atoms with E-state index in [0.29, 0.717) is 19.7 Å². The summed E-state index contributed by atoms with van der Waals surface area (Å²) in [5.74, 6) is -1.84. The van der Waals surface area contributed by atoms with Crippen LogP contribution in [0.4, 0.5) is 4.39 Å². The van der Waals surface area contributed by atoms with E-state index in [0.717, 1.165) is 0 Å². The monoisotopic (exact) mass is 340 g/mol. The molecule has 0 spiro atoms. The molecule has 1 aliphatic rings. The summed E-state index contributed by atoms with van der Waals surface area (Å²) < 4.78 is 24.7. The van der Waals surface area contributed by atoms with Gasteiger partial charge in [-0.2, -0.15) is 0 Å². The van der Waals surface area contributed by atoms with Crippen molar-refractivity contribution >= 4 is 11.9 Å². The number of ether oxygens (including phenoxy) is 2. The lowest BCUT2D eigenvalue weighted by Gasteiger charge is -2.34. The summed E-state index contributed by atoms with van der Waals surface area (Å²) in [6.07, 6.45) is -0.329. The maximum Gasteiger partial charge on any atom is 0.317 e. The number of rotatable bonds is 6. The zero-order chi connectivity index (χ0) is 17.7. The molecular weight excluding hydrogens is 319 g/mol. The summed E-state index contributed by atoms with van der Waals surface area (Å²) >= 11 is 0. The van der Waals surface area contributed by atoms with Crippen LogP contribution in [-0.4, -0.2) is 79.8 Å². The molecule has 0 saturated carbocycles. The highest BCUT2D eigenvalue weighted by molar-refractivity contribution is 5.97. The van der Waals surface area contributed by atoms with E-state index in [4.69, 9.17) is 14.6 Å². The number of carboxylic acids is 1. The topological polar surface area (TPSA) is 79.3 Å². The van der Waals surface area contributed by atoms with E-state index in [2.05, 4.69) is 0 Å². The van der Waals surface area contributed by atoms with Gasteiger partial charge < -0.3 is 19.5 Å². The van der Waals surface area contributed by atoms with Crippen molar-refractivity contribution in [3.05, 3.63) is 29.6 Å². The number of benzene rings is 1. The maximum absolute atomic E-state index is 14.1. The molecule has 0 aliphatic carbocycles. The van der Waals surface area contributed by atoms with Gasteiger partial charge in [-0.15, -0.1) is 0 Å². The number of likely N-dealkylation sites (N-methyl/N-ethyl adjacent to an activating group) is 1. The first kappa shape index (κ1) is 18.2. The normalized spacial score (nSPS) is 17.8. The fourth-order valence-corrected chi connectivity index (χ4v) is 2.70. The lowest BCUT2D eigenvalue weighted by atomic mass is 10.1. The summed E-state index contributed by atoms with van der Waals surface area (Å²) in [6.45, 7) is 1.17. The van der Waals surface area contributed by atoms with Gasteiger partial charge in [-0.05, 0) is 19.2 Å². The Morgan fingerprint density at radius 2 is 2.25 bits per heavy atom. The fourth-order valence-electron chi connectivity index (χ4n) is 2.70. The molecule has 1 aromatic carbocycles. The number of carbonyl (C=O) groups excluding carboxylic acids is 1. The summed E-state index contributed by atoms with van der Waals surface area (Å²) in [5, 5.41) is 8.79. The average Bonchev–Trinajstić information content (AvgIpc) is 2.53. The number of hydrogen-bond acceptors (Lipinski definition) is 5. The van der Waals surface area contributed by atoms with E-state index in [-0.39, 0.29) is 30.5 Å². The highest BCUT2D eigenvalue weighted by atomic mass is 19.1. The second-order valence-electron chi connectivity index (χ2n) is 5.65. The lowest BCUT2D eigenvalue weighted by molar-refractivity contribution is -0.138. The van der Waals surface area contributed by atoms with Crippen LogP contribution in [0.5, 0.6) is 5.75 Å². The molecule has 7 nitrogen and oxygen atoms in total. The van der Waals surface area contributed by atoms with Crippen LogP contribution in [0.3, 0.4) is 0 Å². The van der Waals surface area contributed by atoms with Gasteiger partial charge in [-0.1, -0.05) is 6.07 Å². The molecular formula is C16H21FN2O5. The molecule has 0 radical (unpaired) electrons. The van der Waals surface area contributed by atoms with E-state index in [9.17, 15) is 14.0 Å². The Balaban J connectivity index is 2.07. The number of nitrogens with zero attached hydrogens (tertiary/aromatic N) is 2. The van der Waals surface area contributed by atoms with Crippen LogP contribution in [0.15, 0.2) is 18.2 Å². The number of aliphatic carboxylic acids is 1. The van der Waals surface area contributed by atoms with Gasteiger partial charge in [0.05, 0.1) is 26.4 Å². The molecule has 1 amide bonds. The van der Waals surface area contributed by atoms with Crippen molar-refractivity contribution in [3.63, 3.8) is 0 Å². The van der Waals surface area contributed by atoms with Crippen LogP contribution in [0.1, 0.15) is 10.4 Å². The minimum absolute atomic E-state index is 0.0976. The van der Waals surface area contributed by atoms with Crippen molar-refractivity contribution < 1.29 is 28.6 Å². The Morgan fingerprint density at radius 1 is 1.50 bits per heavy atom. The highest BCUT2D eigenvalue weighted by Gasteiger charge is 2.29. The van der Waals surface area contributed by atoms with Gasteiger partial charge >= 0.3 is 5.97 Å². The molecule has 2 rings (SSSR count). The third-order valence-corrected chi connectivity index (χ3v) is 3.76. The smallest absolute Gasteiger partial charge is 0.317 e. The molecule has 8 heteroatoms. The molecule has 1 unspecified atom stereocenters. The number of amides is 1. The number of carbonyl (C=O) groups is 2. The van der Waals surface area contributed by atoms with Gasteiger partial charge in [-0.3, -0.25) is 14.5 Å². The molecule has 1 atom stereocenters. The number of carboxylic acid groups (broad SMARTS) is 1. The van der Waals surface area contributed by atoms with Gasteiger partial charge in [0.2, 0.25) is 0 Å². The summed E-state index contributed by atoms with van der Waals surface area (Å²) in [7, 11) is 3.05. The van der Waals surface area contributed by atoms with Crippen LogP contribution in [-0.2, 0) is 9.53 Å². The first-order valence-electron chi connectivity index (χ1n) is 7.56. The number of methoxy groups -OCH3 is 1. The van der Waals surface area contributed by atoms with Crippen molar-refractivity contribution in [1.82, 2.24) is 9.80 Å². The molecule has 132 valence electrons. The molecule has 0 bridgehead atoms. The first-order chi connectivity index (χ1) is 11.4. The third-order valence-electron chi connectivity index (χ3n) is 3.76. The van der Waals surface area contributed by atoms with Gasteiger partial charge in [-0.25, -0.2) is 4.39 Å². The zero-order valence-corrected chi connectivity index (χ0v) is 13.7. The van der Waals surface area contributed by atoms with Gasteiger partial charge in [0.1, 0.15) is 17.1 Å². The number of morpholine rings is 1. The van der Waals surface area contributed by atoms with Crippen molar-refractivity contribution in [2.24, 2.45) is 0 Å². The molecule has 1 aliphatic heterocycles. The van der Waals surface area contributed by atoms with E-state index in [1.807, 2.05) is 0 Å². The van der Waals surface area contributed by atoms with Crippen molar-refractivity contribution in [2.45, 2.75) is 6.10 Å². The molecule has 1 aromatic rings. The Labute approximate surface area is 139 Å². The second kappa shape index (κ2) is 8.07. The summed E-state index contributed by atoms with van der Waals surface area (Å²) in [6, 6.07) is 4.23. The Kier molecular flexibility index (Phi) is 6.10. The predicted octanol–water partition coefficient (Wildman–Crippen LogP) is 0.692. The summed E-state index contributed by atoms with van der Waals surface area (Å²) in [5.41, 5.74) is -0.0976. The van der Waals surface area contributed by atoms with Gasteiger partial charge in [0.15, 0.2) is 0 Å². The average molecular weight is 340 g/mol. The SMILES string of the molecule is COc1cccc(F)c1C(=O)N1CCOC(CN(C)CC(=O)O)C1. The van der Waals surface area contributed by atoms with Crippen molar-refractivity contribution in [1.29, 1.82) is 0 Å². The molecule has 24 heavy (non-hydrogen) atoms. The minimum atomic E-state index is -0.933. The highest BCUT2D eigenvalue weighted by Crippen LogP contribution is 2.24. The molecule has 1 N–H and O–H groups in total. The van der Waals surface area contributed by atoms with Crippen molar-refractivity contribution in [2.75, 3.05) is 46.9 Å². The standard InChI is InChI=1S/C16H21FN2O5/c1-18(10-14(20)21)8-11-9-19(6-7-24-11)16(22)15-12(17)4-3-5-13(15)23-2/h3-5,11H,6-10H2,1-2H3,(H,20,21). The maximum atomic E-state index is 14.1. The largest absolute Gasteiger partial charge is 0.496 e. The third kappa shape index (κ3) is 4.42. The van der Waals surface area contributed by atoms with Crippen LogP contribution in [0, 0.1) is 5.82 Å². The van der Waals surface area contributed by atoms with Crippen LogP contribution >= 0.6 is 0 Å². The first-order valence-corrected chi connectivity index (χ1v) is 7.56. The lowest BCUT2D eigenvalue weighted by Crippen LogP contribution is -2.49. The molecule has 1 fully saturated rings. The Morgan fingerprint density at radius 3 is 2.92 bits per heavy atom. The molecule has 1 heterocycles. The Hall–Kier alpha value is -2.19.